The number of hydrogen-bond acceptors (Lipinski definition) is 4. The average molecular weight is 268 g/mol. The number of aliphatic hydroxyl groups is 2. The van der Waals surface area contributed by atoms with Gasteiger partial charge in [0.15, 0.2) is 0 Å². The van der Waals surface area contributed by atoms with Crippen LogP contribution in [0, 0.1) is 0 Å². The van der Waals surface area contributed by atoms with E-state index >= 15 is 0 Å². The summed E-state index contributed by atoms with van der Waals surface area (Å²) in [7, 11) is 0. The fraction of sp³-hybridized carbons (Fsp3) is 0.125. The van der Waals surface area contributed by atoms with Gasteiger partial charge in [0.2, 0.25) is 0 Å². The lowest BCUT2D eigenvalue weighted by molar-refractivity contribution is 0.250. The Morgan fingerprint density at radius 1 is 0.650 bits per heavy atom. The van der Waals surface area contributed by atoms with Gasteiger partial charge in [-0.15, -0.1) is 0 Å². The zero-order valence-electron chi connectivity index (χ0n) is 10.9. The van der Waals surface area contributed by atoms with Crippen molar-refractivity contribution in [3.8, 4) is 0 Å². The molecule has 0 aromatic heterocycles. The van der Waals surface area contributed by atoms with Crippen LogP contribution >= 0.6 is 0 Å². The first-order chi connectivity index (χ1) is 9.77. The molecule has 20 heavy (non-hydrogen) atoms. The molecule has 102 valence electrons. The molecule has 0 unspecified atom stereocenters. The molecule has 2 aromatic carbocycles. The van der Waals surface area contributed by atoms with Crippen LogP contribution in [0.1, 0.15) is 23.3 Å². The molecule has 0 aliphatic rings. The zero-order chi connectivity index (χ0) is 14.2. The molecule has 0 bridgehead atoms. The molecule has 0 aliphatic heterocycles. The van der Waals surface area contributed by atoms with Gasteiger partial charge in [-0.25, -0.2) is 0 Å². The molecule has 0 fully saturated rings. The Morgan fingerprint density at radius 3 is 1.35 bits per heavy atom. The molecule has 2 aromatic rings. The van der Waals surface area contributed by atoms with E-state index < -0.39 is 12.2 Å². The zero-order valence-corrected chi connectivity index (χ0v) is 10.9. The summed E-state index contributed by atoms with van der Waals surface area (Å²) in [4.78, 5) is 0. The van der Waals surface area contributed by atoms with E-state index in [1.807, 2.05) is 36.4 Å². The standard InChI is InChI=1S/C16H16N2O2/c19-15(13-7-3-1-4-8-13)11-17-18-12-16(20)14-9-5-2-6-10-14/h1-12,15-16,19-20H/b17-11+,18-12+/t15-,16-/m1/s1. The van der Waals surface area contributed by atoms with E-state index in [0.29, 0.717) is 0 Å². The average Bonchev–Trinajstić information content (AvgIpc) is 2.53. The molecular weight excluding hydrogens is 252 g/mol. The summed E-state index contributed by atoms with van der Waals surface area (Å²) >= 11 is 0. The van der Waals surface area contributed by atoms with Crippen LogP contribution in [0.4, 0.5) is 0 Å². The molecule has 0 saturated carbocycles. The predicted octanol–water partition coefficient (Wildman–Crippen LogP) is 2.51. The normalized spacial score (nSPS) is 14.7. The van der Waals surface area contributed by atoms with Crippen LogP contribution in [0.2, 0.25) is 0 Å². The van der Waals surface area contributed by atoms with Crippen LogP contribution in [0.3, 0.4) is 0 Å². The highest BCUT2D eigenvalue weighted by Crippen LogP contribution is 2.10. The summed E-state index contributed by atoms with van der Waals surface area (Å²) in [5.74, 6) is 0. The molecule has 0 radical (unpaired) electrons. The number of aliphatic hydroxyl groups excluding tert-OH is 2. The third kappa shape index (κ3) is 4.12. The van der Waals surface area contributed by atoms with E-state index in [4.69, 9.17) is 0 Å². The molecule has 0 aliphatic carbocycles. The summed E-state index contributed by atoms with van der Waals surface area (Å²) < 4.78 is 0. The van der Waals surface area contributed by atoms with Crippen molar-refractivity contribution in [2.75, 3.05) is 0 Å². The monoisotopic (exact) mass is 268 g/mol. The minimum absolute atomic E-state index is 0.745. The molecule has 4 heteroatoms. The van der Waals surface area contributed by atoms with Crippen molar-refractivity contribution in [1.82, 2.24) is 0 Å². The van der Waals surface area contributed by atoms with Crippen molar-refractivity contribution in [2.24, 2.45) is 10.2 Å². The van der Waals surface area contributed by atoms with E-state index in [1.165, 1.54) is 12.4 Å². The van der Waals surface area contributed by atoms with E-state index in [-0.39, 0.29) is 0 Å². The SMILES string of the molecule is O[C@H](/C=N/N=C/[C@@H](O)c1ccccc1)c1ccccc1. The van der Waals surface area contributed by atoms with Gasteiger partial charge in [-0.2, -0.15) is 10.2 Å². The highest BCUT2D eigenvalue weighted by Gasteiger charge is 2.03. The van der Waals surface area contributed by atoms with Crippen LogP contribution in [0.15, 0.2) is 70.9 Å². The van der Waals surface area contributed by atoms with Gasteiger partial charge in [-0.05, 0) is 11.1 Å². The molecule has 2 atom stereocenters. The Morgan fingerprint density at radius 2 is 1.00 bits per heavy atom. The fourth-order valence-corrected chi connectivity index (χ4v) is 1.68. The van der Waals surface area contributed by atoms with Gasteiger partial charge in [-0.3, -0.25) is 0 Å². The van der Waals surface area contributed by atoms with Crippen LogP contribution in [0.25, 0.3) is 0 Å². The largest absolute Gasteiger partial charge is 0.383 e. The molecule has 0 heterocycles. The van der Waals surface area contributed by atoms with Gasteiger partial charge in [0.1, 0.15) is 12.2 Å². The quantitative estimate of drug-likeness (QED) is 0.646. The lowest BCUT2D eigenvalue weighted by Gasteiger charge is -2.04. The topological polar surface area (TPSA) is 65.2 Å². The van der Waals surface area contributed by atoms with E-state index in [1.54, 1.807) is 24.3 Å². The van der Waals surface area contributed by atoms with Gasteiger partial charge in [0, 0.05) is 0 Å². The fourth-order valence-electron chi connectivity index (χ4n) is 1.68. The minimum Gasteiger partial charge on any atom is -0.383 e. The minimum atomic E-state index is -0.804. The van der Waals surface area contributed by atoms with E-state index in [9.17, 15) is 10.2 Å². The molecule has 4 nitrogen and oxygen atoms in total. The van der Waals surface area contributed by atoms with Gasteiger partial charge in [0.05, 0.1) is 12.4 Å². The van der Waals surface area contributed by atoms with Crippen molar-refractivity contribution >= 4 is 12.4 Å². The second-order valence-corrected chi connectivity index (χ2v) is 4.24. The highest BCUT2D eigenvalue weighted by molar-refractivity contribution is 5.69. The Balaban J connectivity index is 1.91. The number of hydrogen-bond donors (Lipinski definition) is 2. The Labute approximate surface area is 117 Å². The third-order valence-corrected chi connectivity index (χ3v) is 2.76. The van der Waals surface area contributed by atoms with Crippen molar-refractivity contribution < 1.29 is 10.2 Å². The lowest BCUT2D eigenvalue weighted by Crippen LogP contribution is -1.99. The van der Waals surface area contributed by atoms with Crippen molar-refractivity contribution in [2.45, 2.75) is 12.2 Å². The second-order valence-electron chi connectivity index (χ2n) is 4.24. The summed E-state index contributed by atoms with van der Waals surface area (Å²) in [5.41, 5.74) is 1.49. The Kier molecular flexibility index (Phi) is 5.17. The smallest absolute Gasteiger partial charge is 0.116 e. The van der Waals surface area contributed by atoms with Crippen molar-refractivity contribution in [3.63, 3.8) is 0 Å². The van der Waals surface area contributed by atoms with E-state index in [2.05, 4.69) is 10.2 Å². The molecule has 2 N–H and O–H groups in total. The highest BCUT2D eigenvalue weighted by atomic mass is 16.3. The molecule has 0 amide bonds. The van der Waals surface area contributed by atoms with Crippen LogP contribution in [-0.4, -0.2) is 22.6 Å². The maximum atomic E-state index is 9.82. The maximum Gasteiger partial charge on any atom is 0.116 e. The van der Waals surface area contributed by atoms with Crippen LogP contribution in [-0.2, 0) is 0 Å². The van der Waals surface area contributed by atoms with Gasteiger partial charge >= 0.3 is 0 Å². The Hall–Kier alpha value is -2.30. The third-order valence-electron chi connectivity index (χ3n) is 2.76. The summed E-state index contributed by atoms with van der Waals surface area (Å²) in [6.07, 6.45) is 1.04. The van der Waals surface area contributed by atoms with Gasteiger partial charge < -0.3 is 10.2 Å². The summed E-state index contributed by atoms with van der Waals surface area (Å²) in [5, 5.41) is 27.1. The summed E-state index contributed by atoms with van der Waals surface area (Å²) in [6.45, 7) is 0. The first-order valence-electron chi connectivity index (χ1n) is 6.30. The van der Waals surface area contributed by atoms with Gasteiger partial charge in [-0.1, -0.05) is 60.7 Å². The second kappa shape index (κ2) is 7.33. The first kappa shape index (κ1) is 14.1. The molecule has 0 spiro atoms. The first-order valence-corrected chi connectivity index (χ1v) is 6.30. The number of benzene rings is 2. The van der Waals surface area contributed by atoms with Crippen molar-refractivity contribution in [1.29, 1.82) is 0 Å². The van der Waals surface area contributed by atoms with Crippen molar-refractivity contribution in [3.05, 3.63) is 71.8 Å². The van der Waals surface area contributed by atoms with Crippen LogP contribution in [0.5, 0.6) is 0 Å². The number of rotatable bonds is 5. The predicted molar refractivity (Wildman–Crippen MR) is 79.8 cm³/mol. The lowest BCUT2D eigenvalue weighted by atomic mass is 10.1. The molecular formula is C16H16N2O2. The summed E-state index contributed by atoms with van der Waals surface area (Å²) in [6, 6.07) is 18.3. The molecule has 2 rings (SSSR count). The Bertz CT molecular complexity index is 514. The number of nitrogens with zero attached hydrogens (tertiary/aromatic N) is 2. The molecule has 0 saturated heterocycles. The van der Waals surface area contributed by atoms with E-state index in [0.717, 1.165) is 11.1 Å². The van der Waals surface area contributed by atoms with Gasteiger partial charge in [0.25, 0.3) is 0 Å². The van der Waals surface area contributed by atoms with Crippen LogP contribution < -0.4 is 0 Å². The maximum absolute atomic E-state index is 9.82.